The molecule has 0 fully saturated rings. The lowest BCUT2D eigenvalue weighted by atomic mass is 10.1. The lowest BCUT2D eigenvalue weighted by Crippen LogP contribution is -2.40. The van der Waals surface area contributed by atoms with Gasteiger partial charge in [0.2, 0.25) is 24.5 Å². The van der Waals surface area contributed by atoms with Crippen LogP contribution in [0.3, 0.4) is 0 Å². The molecule has 31 heavy (non-hydrogen) atoms. The fourth-order valence-corrected chi connectivity index (χ4v) is 3.39. The average Bonchev–Trinajstić information content (AvgIpc) is 3.45. The van der Waals surface area contributed by atoms with Crippen molar-refractivity contribution >= 4 is 5.91 Å². The van der Waals surface area contributed by atoms with Crippen molar-refractivity contribution in [2.45, 2.75) is 25.4 Å². The van der Waals surface area contributed by atoms with Gasteiger partial charge in [0.15, 0.2) is 23.0 Å². The second kappa shape index (κ2) is 8.55. The molecule has 2 aromatic carbocycles. The molecule has 1 aromatic heterocycles. The number of nitrogens with one attached hydrogen (secondary N) is 1. The lowest BCUT2D eigenvalue weighted by Gasteiger charge is -2.26. The van der Waals surface area contributed by atoms with Gasteiger partial charge in [-0.05, 0) is 29.8 Å². The number of rotatable bonds is 7. The number of benzene rings is 2. The third-order valence-corrected chi connectivity index (χ3v) is 4.96. The number of carbonyl (C=O) groups excluding carboxylic acids is 1. The van der Waals surface area contributed by atoms with E-state index < -0.39 is 0 Å². The summed E-state index contributed by atoms with van der Waals surface area (Å²) in [6.45, 7) is 0.995. The molecule has 0 aliphatic carbocycles. The first-order chi connectivity index (χ1) is 15.2. The van der Waals surface area contributed by atoms with Crippen molar-refractivity contribution in [1.29, 1.82) is 0 Å². The van der Waals surface area contributed by atoms with Gasteiger partial charge in [-0.2, -0.15) is 0 Å². The average molecular weight is 423 g/mol. The number of nitrogens with zero attached hydrogens (tertiary/aromatic N) is 2. The molecule has 0 saturated heterocycles. The zero-order chi connectivity index (χ0) is 21.0. The minimum absolute atomic E-state index is 0.113. The van der Waals surface area contributed by atoms with Crippen LogP contribution in [-0.4, -0.2) is 42.2 Å². The van der Waals surface area contributed by atoms with Gasteiger partial charge in [0.05, 0.1) is 13.0 Å². The van der Waals surface area contributed by atoms with E-state index in [0.29, 0.717) is 49.3 Å². The molecular formula is C22H21N3O6. The Labute approximate surface area is 178 Å². The minimum Gasteiger partial charge on any atom is -0.486 e. The highest BCUT2D eigenvalue weighted by Gasteiger charge is 2.21. The van der Waals surface area contributed by atoms with Gasteiger partial charge in [0.25, 0.3) is 0 Å². The molecule has 2 aliphatic rings. The molecule has 0 spiro atoms. The Balaban J connectivity index is 1.07. The number of hydrogen-bond acceptors (Lipinski definition) is 8. The summed E-state index contributed by atoms with van der Waals surface area (Å²) < 4.78 is 27.8. The Kier molecular flexibility index (Phi) is 5.30. The Hall–Kier alpha value is -3.75. The topological polar surface area (TPSA) is 105 Å². The number of aryl methyl sites for hydroxylation is 1. The largest absolute Gasteiger partial charge is 0.486 e. The maximum absolute atomic E-state index is 12.2. The van der Waals surface area contributed by atoms with E-state index in [1.807, 2.05) is 42.5 Å². The van der Waals surface area contributed by atoms with Crippen LogP contribution in [0.1, 0.15) is 23.8 Å². The third-order valence-electron chi connectivity index (χ3n) is 4.96. The van der Waals surface area contributed by atoms with E-state index in [1.54, 1.807) is 0 Å². The number of fused-ring (bicyclic) bond motifs is 2. The predicted molar refractivity (Wildman–Crippen MR) is 107 cm³/mol. The molecule has 3 heterocycles. The normalized spacial score (nSPS) is 16.2. The van der Waals surface area contributed by atoms with Crippen LogP contribution in [0.15, 0.2) is 46.9 Å². The van der Waals surface area contributed by atoms with E-state index in [1.165, 1.54) is 0 Å². The number of ether oxygens (including phenoxy) is 4. The number of amides is 1. The van der Waals surface area contributed by atoms with E-state index in [4.69, 9.17) is 23.4 Å². The Bertz CT molecular complexity index is 1080. The number of para-hydroxylation sites is 2. The second-order valence-corrected chi connectivity index (χ2v) is 7.26. The highest BCUT2D eigenvalue weighted by molar-refractivity contribution is 5.76. The third kappa shape index (κ3) is 4.55. The number of aromatic nitrogens is 2. The van der Waals surface area contributed by atoms with Gasteiger partial charge in [-0.3, -0.25) is 4.79 Å². The molecular weight excluding hydrogens is 402 g/mol. The Morgan fingerprint density at radius 3 is 2.71 bits per heavy atom. The Morgan fingerprint density at radius 1 is 0.968 bits per heavy atom. The van der Waals surface area contributed by atoms with E-state index in [2.05, 4.69) is 15.5 Å². The number of hydrogen-bond donors (Lipinski definition) is 1. The summed E-state index contributed by atoms with van der Waals surface area (Å²) in [4.78, 5) is 12.2. The van der Waals surface area contributed by atoms with E-state index in [0.717, 1.165) is 17.1 Å². The quantitative estimate of drug-likeness (QED) is 0.617. The molecule has 3 aromatic rings. The molecule has 1 N–H and O–H groups in total. The molecule has 1 atom stereocenters. The predicted octanol–water partition coefficient (Wildman–Crippen LogP) is 2.28. The summed E-state index contributed by atoms with van der Waals surface area (Å²) in [6.07, 6.45) is 0.868. The van der Waals surface area contributed by atoms with Crippen molar-refractivity contribution in [3.63, 3.8) is 0 Å². The first-order valence-electron chi connectivity index (χ1n) is 10.1. The molecule has 0 unspecified atom stereocenters. The van der Waals surface area contributed by atoms with Crippen molar-refractivity contribution in [1.82, 2.24) is 15.5 Å². The van der Waals surface area contributed by atoms with Gasteiger partial charge in [-0.25, -0.2) is 0 Å². The van der Waals surface area contributed by atoms with Crippen LogP contribution >= 0.6 is 0 Å². The van der Waals surface area contributed by atoms with Crippen molar-refractivity contribution in [3.05, 3.63) is 59.8 Å². The maximum Gasteiger partial charge on any atom is 0.231 e. The van der Waals surface area contributed by atoms with E-state index in [9.17, 15) is 4.79 Å². The van der Waals surface area contributed by atoms with Crippen molar-refractivity contribution in [2.24, 2.45) is 0 Å². The lowest BCUT2D eigenvalue weighted by molar-refractivity contribution is -0.121. The standard InChI is InChI=1S/C22H21N3O6/c26-20(23-11-15-12-27-16-3-1-2-4-18(16)30-15)7-8-21-24-25-22(31-21)10-14-5-6-17-19(9-14)29-13-28-17/h1-6,9,15H,7-8,10-13H2,(H,23,26)/t15-/m0/s1. The summed E-state index contributed by atoms with van der Waals surface area (Å²) in [6, 6.07) is 13.2. The van der Waals surface area contributed by atoms with Crippen molar-refractivity contribution in [2.75, 3.05) is 19.9 Å². The highest BCUT2D eigenvalue weighted by atomic mass is 16.7. The van der Waals surface area contributed by atoms with Crippen LogP contribution in [-0.2, 0) is 17.6 Å². The van der Waals surface area contributed by atoms with Gasteiger partial charge >= 0.3 is 0 Å². The van der Waals surface area contributed by atoms with Gasteiger partial charge in [-0.15, -0.1) is 10.2 Å². The number of carbonyl (C=O) groups is 1. The fourth-order valence-electron chi connectivity index (χ4n) is 3.39. The van der Waals surface area contributed by atoms with Gasteiger partial charge in [0, 0.05) is 12.8 Å². The van der Waals surface area contributed by atoms with Crippen LogP contribution < -0.4 is 24.3 Å². The first-order valence-corrected chi connectivity index (χ1v) is 10.1. The van der Waals surface area contributed by atoms with Crippen molar-refractivity contribution < 1.29 is 28.2 Å². The van der Waals surface area contributed by atoms with Crippen LogP contribution in [0.4, 0.5) is 0 Å². The zero-order valence-electron chi connectivity index (χ0n) is 16.7. The minimum atomic E-state index is -0.226. The molecule has 9 heteroatoms. The Morgan fingerprint density at radius 2 is 1.77 bits per heavy atom. The van der Waals surface area contributed by atoms with Crippen LogP contribution in [0.25, 0.3) is 0 Å². The van der Waals surface area contributed by atoms with Crippen molar-refractivity contribution in [3.8, 4) is 23.0 Å². The highest BCUT2D eigenvalue weighted by Crippen LogP contribution is 2.33. The molecule has 0 saturated carbocycles. The molecule has 5 rings (SSSR count). The van der Waals surface area contributed by atoms with Crippen LogP contribution in [0.5, 0.6) is 23.0 Å². The second-order valence-electron chi connectivity index (χ2n) is 7.26. The van der Waals surface area contributed by atoms with Crippen LogP contribution in [0.2, 0.25) is 0 Å². The first kappa shape index (κ1) is 19.2. The summed E-state index contributed by atoms with van der Waals surface area (Å²) in [5.41, 5.74) is 0.980. The monoisotopic (exact) mass is 423 g/mol. The smallest absolute Gasteiger partial charge is 0.231 e. The fraction of sp³-hybridized carbons (Fsp3) is 0.318. The molecule has 9 nitrogen and oxygen atoms in total. The van der Waals surface area contributed by atoms with Gasteiger partial charge < -0.3 is 28.7 Å². The molecule has 0 radical (unpaired) electrons. The molecule has 0 bridgehead atoms. The maximum atomic E-state index is 12.2. The molecule has 160 valence electrons. The summed E-state index contributed by atoms with van der Waals surface area (Å²) >= 11 is 0. The zero-order valence-corrected chi connectivity index (χ0v) is 16.7. The van der Waals surface area contributed by atoms with Gasteiger partial charge in [0.1, 0.15) is 12.7 Å². The van der Waals surface area contributed by atoms with E-state index in [-0.39, 0.29) is 25.2 Å². The van der Waals surface area contributed by atoms with E-state index >= 15 is 0 Å². The summed E-state index contributed by atoms with van der Waals surface area (Å²) in [5.74, 6) is 3.66. The van der Waals surface area contributed by atoms with Gasteiger partial charge in [-0.1, -0.05) is 18.2 Å². The SMILES string of the molecule is O=C(CCc1nnc(Cc2ccc3c(c2)OCO3)o1)NC[C@H]1COc2ccccc2O1. The van der Waals surface area contributed by atoms with Crippen LogP contribution in [0, 0.1) is 0 Å². The summed E-state index contributed by atoms with van der Waals surface area (Å²) in [7, 11) is 0. The molecule has 2 aliphatic heterocycles. The molecule has 1 amide bonds. The summed E-state index contributed by atoms with van der Waals surface area (Å²) in [5, 5.41) is 11.0.